The molecule has 5 rings (SSSR count). The Bertz CT molecular complexity index is 1510. The normalized spacial score (nSPS) is 17.1. The molecule has 3 aromatic rings. The predicted molar refractivity (Wildman–Crippen MR) is 168 cm³/mol. The van der Waals surface area contributed by atoms with Crippen LogP contribution in [0.1, 0.15) is 67.1 Å². The van der Waals surface area contributed by atoms with Crippen molar-refractivity contribution in [2.45, 2.75) is 69.8 Å². The number of hydrogen-bond donors (Lipinski definition) is 1. The van der Waals surface area contributed by atoms with Crippen molar-refractivity contribution >= 4 is 54.9 Å². The molecule has 0 bridgehead atoms. The number of piperidine rings is 1. The first kappa shape index (κ1) is 30.7. The lowest BCUT2D eigenvalue weighted by Crippen LogP contribution is -2.42. The minimum atomic E-state index is -3.38. The van der Waals surface area contributed by atoms with Crippen LogP contribution in [0.5, 0.6) is 5.75 Å². The molecular formula is C31H35BrN2O6S2. The first-order valence-electron chi connectivity index (χ1n) is 14.3. The fourth-order valence-corrected chi connectivity index (χ4v) is 8.92. The summed E-state index contributed by atoms with van der Waals surface area (Å²) < 4.78 is 39.3. The number of nitrogens with one attached hydrogen (secondary N) is 1. The summed E-state index contributed by atoms with van der Waals surface area (Å²) in [6, 6.07) is 17.2. The van der Waals surface area contributed by atoms with Gasteiger partial charge in [0, 0.05) is 31.7 Å². The van der Waals surface area contributed by atoms with Gasteiger partial charge in [-0.2, -0.15) is 0 Å². The Morgan fingerprint density at radius 2 is 1.71 bits per heavy atom. The van der Waals surface area contributed by atoms with E-state index in [4.69, 9.17) is 9.47 Å². The molecule has 1 N–H and O–H groups in total. The summed E-state index contributed by atoms with van der Waals surface area (Å²) >= 11 is 4.81. The van der Waals surface area contributed by atoms with Crippen molar-refractivity contribution in [2.24, 2.45) is 0 Å². The summed E-state index contributed by atoms with van der Waals surface area (Å²) in [5, 5.41) is 3.55. The molecule has 42 heavy (non-hydrogen) atoms. The Hall–Kier alpha value is -2.73. The van der Waals surface area contributed by atoms with E-state index in [1.54, 1.807) is 4.31 Å². The molecule has 0 radical (unpaired) electrons. The molecule has 1 aromatic heterocycles. The monoisotopic (exact) mass is 674 g/mol. The van der Waals surface area contributed by atoms with Crippen molar-refractivity contribution in [3.8, 4) is 16.2 Å². The molecule has 224 valence electrons. The second-order valence-electron chi connectivity index (χ2n) is 10.8. The van der Waals surface area contributed by atoms with Gasteiger partial charge in [0.05, 0.1) is 15.1 Å². The number of ether oxygens (including phenoxy) is 2. The number of esters is 2. The highest BCUT2D eigenvalue weighted by atomic mass is 79.9. The lowest BCUT2D eigenvalue weighted by atomic mass is 9.98. The van der Waals surface area contributed by atoms with Gasteiger partial charge < -0.3 is 14.8 Å². The lowest BCUT2D eigenvalue weighted by Gasteiger charge is -2.32. The zero-order valence-electron chi connectivity index (χ0n) is 23.5. The van der Waals surface area contributed by atoms with Crippen molar-refractivity contribution in [3.05, 3.63) is 69.5 Å². The first-order valence-corrected chi connectivity index (χ1v) is 17.5. The van der Waals surface area contributed by atoms with Gasteiger partial charge in [0.2, 0.25) is 10.0 Å². The third-order valence-electron chi connectivity index (χ3n) is 7.60. The second-order valence-corrected chi connectivity index (χ2v) is 14.6. The van der Waals surface area contributed by atoms with Gasteiger partial charge in [-0.15, -0.1) is 11.3 Å². The molecule has 1 saturated carbocycles. The van der Waals surface area contributed by atoms with Crippen LogP contribution < -0.4 is 10.1 Å². The largest absolute Gasteiger partial charge is 0.458 e. The molecule has 1 aliphatic carbocycles. The van der Waals surface area contributed by atoms with Gasteiger partial charge in [0.15, 0.2) is 10.6 Å². The third kappa shape index (κ3) is 7.61. The summed E-state index contributed by atoms with van der Waals surface area (Å²) in [6.07, 6.45) is 6.18. The van der Waals surface area contributed by atoms with E-state index in [9.17, 15) is 18.0 Å². The predicted octanol–water partition coefficient (Wildman–Crippen LogP) is 7.00. The number of hydrogen-bond acceptors (Lipinski definition) is 8. The highest BCUT2D eigenvalue weighted by Gasteiger charge is 2.30. The Morgan fingerprint density at radius 1 is 1.00 bits per heavy atom. The summed E-state index contributed by atoms with van der Waals surface area (Å²) in [6.45, 7) is 2.23. The second kappa shape index (κ2) is 13.7. The van der Waals surface area contributed by atoms with E-state index in [2.05, 4.69) is 21.2 Å². The highest BCUT2D eigenvalue weighted by molar-refractivity contribution is 9.10. The summed E-state index contributed by atoms with van der Waals surface area (Å²) in [5.74, 6) is -0.793. The zero-order chi connectivity index (χ0) is 29.7. The molecule has 2 aliphatic rings. The maximum Gasteiger partial charge on any atom is 0.352 e. The molecule has 2 fully saturated rings. The van der Waals surface area contributed by atoms with Gasteiger partial charge in [0.25, 0.3) is 0 Å². The van der Waals surface area contributed by atoms with Gasteiger partial charge in [-0.05, 0) is 77.7 Å². The number of thiophene rings is 1. The molecule has 0 amide bonds. The molecule has 11 heteroatoms. The van der Waals surface area contributed by atoms with Gasteiger partial charge in [-0.1, -0.05) is 48.9 Å². The van der Waals surface area contributed by atoms with Crippen molar-refractivity contribution < 1.29 is 27.5 Å². The van der Waals surface area contributed by atoms with Crippen LogP contribution in [0.25, 0.3) is 10.4 Å². The molecule has 0 spiro atoms. The van der Waals surface area contributed by atoms with Crippen LogP contribution in [0.2, 0.25) is 0 Å². The van der Waals surface area contributed by atoms with Crippen LogP contribution in [0.15, 0.2) is 59.1 Å². The standard InChI is InChI=1S/C31H35BrN2O6S2/c1-21(35)39-28-27(32)29(41-30(28)31(36)40-26-13-6-3-7-14-26)23-11-8-12-25(19-23)33-24-15-17-34(18-16-24)42(37,38)20-22-9-4-2-5-10-22/h2,4-5,8-12,19,24,26,33H,3,6-7,13-18,20H2,1H3. The Morgan fingerprint density at radius 3 is 2.40 bits per heavy atom. The van der Waals surface area contributed by atoms with E-state index in [-0.39, 0.29) is 28.5 Å². The van der Waals surface area contributed by atoms with Crippen LogP contribution in [0.3, 0.4) is 0 Å². The maximum atomic E-state index is 13.2. The third-order valence-corrected chi connectivity index (χ3v) is 11.7. The number of sulfonamides is 1. The van der Waals surface area contributed by atoms with Crippen molar-refractivity contribution in [1.82, 2.24) is 4.31 Å². The average Bonchev–Trinajstić information content (AvgIpc) is 3.29. The zero-order valence-corrected chi connectivity index (χ0v) is 26.7. The van der Waals surface area contributed by atoms with Crippen LogP contribution in [-0.4, -0.2) is 49.9 Å². The number of carbonyl (C=O) groups is 2. The van der Waals surface area contributed by atoms with Gasteiger partial charge in [0.1, 0.15) is 6.10 Å². The van der Waals surface area contributed by atoms with Crippen LogP contribution >= 0.6 is 27.3 Å². The maximum absolute atomic E-state index is 13.2. The quantitative estimate of drug-likeness (QED) is 0.244. The minimum Gasteiger partial charge on any atom is -0.458 e. The lowest BCUT2D eigenvalue weighted by molar-refractivity contribution is -0.131. The summed E-state index contributed by atoms with van der Waals surface area (Å²) in [7, 11) is -3.38. The van der Waals surface area contributed by atoms with E-state index in [1.165, 1.54) is 18.3 Å². The van der Waals surface area contributed by atoms with Crippen molar-refractivity contribution in [2.75, 3.05) is 18.4 Å². The highest BCUT2D eigenvalue weighted by Crippen LogP contribution is 2.46. The molecule has 0 atom stereocenters. The van der Waals surface area contributed by atoms with E-state index < -0.39 is 22.0 Å². The number of benzene rings is 2. The van der Waals surface area contributed by atoms with Gasteiger partial charge in [-0.25, -0.2) is 17.5 Å². The summed E-state index contributed by atoms with van der Waals surface area (Å²) in [5.41, 5.74) is 2.53. The van der Waals surface area contributed by atoms with Crippen molar-refractivity contribution in [3.63, 3.8) is 0 Å². The van der Waals surface area contributed by atoms with Crippen LogP contribution in [-0.2, 0) is 25.3 Å². The first-order chi connectivity index (χ1) is 20.2. The van der Waals surface area contributed by atoms with Crippen LogP contribution in [0.4, 0.5) is 5.69 Å². The molecule has 1 aliphatic heterocycles. The van der Waals surface area contributed by atoms with E-state index in [1.807, 2.05) is 54.6 Å². The van der Waals surface area contributed by atoms with Gasteiger partial charge >= 0.3 is 11.9 Å². The van der Waals surface area contributed by atoms with Gasteiger partial charge in [-0.3, -0.25) is 4.79 Å². The Labute approximate surface area is 259 Å². The number of anilines is 1. The SMILES string of the molecule is CC(=O)Oc1c(C(=O)OC2CCCCC2)sc(-c2cccc(NC3CCN(S(=O)(=O)Cc4ccccc4)CC3)c2)c1Br. The molecule has 8 nitrogen and oxygen atoms in total. The number of carbonyl (C=O) groups excluding carboxylic acids is 2. The molecule has 1 saturated heterocycles. The van der Waals surface area contributed by atoms with E-state index in [0.717, 1.165) is 53.8 Å². The van der Waals surface area contributed by atoms with Crippen molar-refractivity contribution in [1.29, 1.82) is 0 Å². The Kier molecular flexibility index (Phi) is 10.0. The molecule has 2 aromatic carbocycles. The Balaban J connectivity index is 1.27. The number of rotatable bonds is 9. The number of nitrogens with zero attached hydrogens (tertiary/aromatic N) is 1. The fourth-order valence-electron chi connectivity index (χ4n) is 5.48. The molecule has 2 heterocycles. The van der Waals surface area contributed by atoms with E-state index >= 15 is 0 Å². The average molecular weight is 676 g/mol. The topological polar surface area (TPSA) is 102 Å². The molecular weight excluding hydrogens is 640 g/mol. The number of halogens is 1. The summed E-state index contributed by atoms with van der Waals surface area (Å²) in [4.78, 5) is 26.1. The van der Waals surface area contributed by atoms with E-state index in [0.29, 0.717) is 30.4 Å². The smallest absolute Gasteiger partial charge is 0.352 e. The van der Waals surface area contributed by atoms with Crippen LogP contribution in [0, 0.1) is 0 Å². The molecule has 0 unspecified atom stereocenters. The fraction of sp³-hybridized carbons (Fsp3) is 0.419. The minimum absolute atomic E-state index is 0.00912.